The van der Waals surface area contributed by atoms with E-state index in [4.69, 9.17) is 0 Å². The molecule has 3 N–H and O–H groups in total. The van der Waals surface area contributed by atoms with Crippen molar-refractivity contribution in [1.82, 2.24) is 15.2 Å². The fourth-order valence-electron chi connectivity index (χ4n) is 3.04. The van der Waals surface area contributed by atoms with Gasteiger partial charge in [0, 0.05) is 23.5 Å². The first-order valence-corrected chi connectivity index (χ1v) is 9.26. The first kappa shape index (κ1) is 18.6. The molecule has 0 atom stereocenters. The zero-order chi connectivity index (χ0) is 20.4. The Balaban J connectivity index is 1.72. The number of hydrogen-bond acceptors (Lipinski definition) is 4. The summed E-state index contributed by atoms with van der Waals surface area (Å²) in [5.74, 6) is -0.803. The lowest BCUT2D eigenvalue weighted by Gasteiger charge is -2.17. The normalized spacial score (nSPS) is 11.0. The second-order valence-electron chi connectivity index (χ2n) is 7.07. The number of carbonyl (C=O) groups excluding carboxylic acids is 1. The van der Waals surface area contributed by atoms with Crippen LogP contribution >= 0.6 is 0 Å². The number of fused-ring (bicyclic) bond motifs is 1. The lowest BCUT2D eigenvalue weighted by Crippen LogP contribution is -2.15. The van der Waals surface area contributed by atoms with Gasteiger partial charge >= 0.3 is 0 Å². The summed E-state index contributed by atoms with van der Waals surface area (Å²) < 4.78 is 15.0. The first-order valence-electron chi connectivity index (χ1n) is 9.26. The summed E-state index contributed by atoms with van der Waals surface area (Å²) in [5, 5.41) is 13.8. The number of amides is 1. The number of nitrogens with zero attached hydrogens (tertiary/aromatic N) is 2. The Labute approximate surface area is 167 Å². The summed E-state index contributed by atoms with van der Waals surface area (Å²) >= 11 is 0. The van der Waals surface area contributed by atoms with Crippen LogP contribution in [0.4, 0.5) is 21.5 Å². The molecule has 0 saturated heterocycles. The highest BCUT2D eigenvalue weighted by Crippen LogP contribution is 2.33. The van der Waals surface area contributed by atoms with E-state index in [1.165, 1.54) is 12.3 Å². The van der Waals surface area contributed by atoms with Crippen LogP contribution in [0.2, 0.25) is 0 Å². The molecule has 4 rings (SSSR count). The smallest absolute Gasteiger partial charge is 0.257 e. The van der Waals surface area contributed by atoms with Gasteiger partial charge in [-0.05, 0) is 53.9 Å². The molecule has 29 heavy (non-hydrogen) atoms. The fourth-order valence-corrected chi connectivity index (χ4v) is 3.04. The molecular formula is C22H20FN5O. The SMILES string of the molecule is CC(C)c1cc(F)c(NC(=O)c2cccnc2)c(Nc2ccc3cn[nH]c3c2)c1. The molecule has 0 bridgehead atoms. The average Bonchev–Trinajstić information content (AvgIpc) is 3.18. The third-order valence-corrected chi connectivity index (χ3v) is 4.66. The minimum absolute atomic E-state index is 0.0907. The van der Waals surface area contributed by atoms with Gasteiger partial charge in [-0.3, -0.25) is 14.9 Å². The van der Waals surface area contributed by atoms with E-state index in [0.717, 1.165) is 22.2 Å². The van der Waals surface area contributed by atoms with Gasteiger partial charge in [-0.25, -0.2) is 4.39 Å². The summed E-state index contributed by atoms with van der Waals surface area (Å²) in [4.78, 5) is 16.5. The van der Waals surface area contributed by atoms with Crippen molar-refractivity contribution in [2.45, 2.75) is 19.8 Å². The van der Waals surface area contributed by atoms with Crippen LogP contribution in [0, 0.1) is 5.82 Å². The van der Waals surface area contributed by atoms with Gasteiger partial charge in [0.2, 0.25) is 0 Å². The molecule has 0 spiro atoms. The second kappa shape index (κ2) is 7.71. The van der Waals surface area contributed by atoms with E-state index in [1.54, 1.807) is 24.5 Å². The molecule has 0 aliphatic carbocycles. The van der Waals surface area contributed by atoms with Gasteiger partial charge in [0.1, 0.15) is 11.5 Å². The number of aromatic amines is 1. The van der Waals surface area contributed by atoms with Gasteiger partial charge < -0.3 is 10.6 Å². The van der Waals surface area contributed by atoms with Crippen LogP contribution in [0.15, 0.2) is 61.1 Å². The van der Waals surface area contributed by atoms with Crippen LogP contribution in [0.25, 0.3) is 10.9 Å². The largest absolute Gasteiger partial charge is 0.354 e. The molecule has 6 nitrogen and oxygen atoms in total. The molecule has 0 saturated carbocycles. The highest BCUT2D eigenvalue weighted by Gasteiger charge is 2.17. The maximum absolute atomic E-state index is 15.0. The number of benzene rings is 2. The van der Waals surface area contributed by atoms with Gasteiger partial charge in [0.05, 0.1) is 23.0 Å². The predicted molar refractivity (Wildman–Crippen MR) is 112 cm³/mol. The molecule has 0 aliphatic heterocycles. The van der Waals surface area contributed by atoms with Crippen LogP contribution in [-0.4, -0.2) is 21.1 Å². The molecular weight excluding hydrogens is 369 g/mol. The van der Waals surface area contributed by atoms with Crippen LogP contribution < -0.4 is 10.6 Å². The van der Waals surface area contributed by atoms with Gasteiger partial charge in [-0.2, -0.15) is 5.10 Å². The van der Waals surface area contributed by atoms with E-state index in [2.05, 4.69) is 25.8 Å². The maximum Gasteiger partial charge on any atom is 0.257 e. The fraction of sp³-hybridized carbons (Fsp3) is 0.136. The van der Waals surface area contributed by atoms with Gasteiger partial charge in [-0.15, -0.1) is 0 Å². The maximum atomic E-state index is 15.0. The lowest BCUT2D eigenvalue weighted by molar-refractivity contribution is 0.102. The molecule has 0 unspecified atom stereocenters. The number of hydrogen-bond donors (Lipinski definition) is 3. The zero-order valence-corrected chi connectivity index (χ0v) is 16.0. The standard InChI is InChI=1S/C22H20FN5O/c1-13(2)16-8-18(23)21(27-22(29)15-4-3-7-24-11-15)20(9-16)26-17-6-5-14-12-25-28-19(14)10-17/h3-13,26H,1-2H3,(H,25,28)(H,27,29). The summed E-state index contributed by atoms with van der Waals surface area (Å²) in [7, 11) is 0. The molecule has 0 fully saturated rings. The molecule has 7 heteroatoms. The predicted octanol–water partition coefficient (Wildman–Crippen LogP) is 5.22. The molecule has 0 aliphatic rings. The Hall–Kier alpha value is -3.74. The van der Waals surface area contributed by atoms with E-state index in [1.807, 2.05) is 38.1 Å². The second-order valence-corrected chi connectivity index (χ2v) is 7.07. The zero-order valence-electron chi connectivity index (χ0n) is 16.0. The number of H-pyrrole nitrogens is 1. The summed E-state index contributed by atoms with van der Waals surface area (Å²) in [5.41, 5.74) is 3.35. The quantitative estimate of drug-likeness (QED) is 0.437. The Bertz CT molecular complexity index is 1170. The molecule has 2 aromatic heterocycles. The minimum Gasteiger partial charge on any atom is -0.354 e. The average molecular weight is 389 g/mol. The number of rotatable bonds is 5. The highest BCUT2D eigenvalue weighted by atomic mass is 19.1. The number of pyridine rings is 1. The van der Waals surface area contributed by atoms with E-state index in [0.29, 0.717) is 11.3 Å². The summed E-state index contributed by atoms with van der Waals surface area (Å²) in [6.07, 6.45) is 4.75. The van der Waals surface area contributed by atoms with Crippen molar-refractivity contribution in [3.05, 3.63) is 78.0 Å². The number of anilines is 3. The van der Waals surface area contributed by atoms with Crippen molar-refractivity contribution in [3.8, 4) is 0 Å². The Morgan fingerprint density at radius 3 is 2.76 bits per heavy atom. The van der Waals surface area contributed by atoms with Crippen LogP contribution in [0.5, 0.6) is 0 Å². The van der Waals surface area contributed by atoms with Crippen molar-refractivity contribution in [2.24, 2.45) is 0 Å². The topological polar surface area (TPSA) is 82.7 Å². The van der Waals surface area contributed by atoms with E-state index in [9.17, 15) is 9.18 Å². The molecule has 4 aromatic rings. The molecule has 146 valence electrons. The minimum atomic E-state index is -0.501. The van der Waals surface area contributed by atoms with Crippen molar-refractivity contribution < 1.29 is 9.18 Å². The van der Waals surface area contributed by atoms with E-state index < -0.39 is 11.7 Å². The first-order chi connectivity index (χ1) is 14.0. The summed E-state index contributed by atoms with van der Waals surface area (Å²) in [6.45, 7) is 3.98. The molecule has 2 aromatic carbocycles. The highest BCUT2D eigenvalue weighted by molar-refractivity contribution is 6.06. The van der Waals surface area contributed by atoms with Crippen LogP contribution in [0.3, 0.4) is 0 Å². The number of aromatic nitrogens is 3. The Kier molecular flexibility index (Phi) is 4.95. The van der Waals surface area contributed by atoms with Crippen molar-refractivity contribution in [1.29, 1.82) is 0 Å². The number of carbonyl (C=O) groups is 1. The number of halogens is 1. The molecule has 2 heterocycles. The monoisotopic (exact) mass is 389 g/mol. The Morgan fingerprint density at radius 1 is 1.14 bits per heavy atom. The van der Waals surface area contributed by atoms with Crippen molar-refractivity contribution in [2.75, 3.05) is 10.6 Å². The molecule has 1 amide bonds. The van der Waals surface area contributed by atoms with Gasteiger partial charge in [0.15, 0.2) is 0 Å². The van der Waals surface area contributed by atoms with Crippen LogP contribution in [0.1, 0.15) is 35.7 Å². The molecule has 0 radical (unpaired) electrons. The van der Waals surface area contributed by atoms with Crippen molar-refractivity contribution in [3.63, 3.8) is 0 Å². The number of nitrogens with one attached hydrogen (secondary N) is 3. The third-order valence-electron chi connectivity index (χ3n) is 4.66. The summed E-state index contributed by atoms with van der Waals surface area (Å²) in [6, 6.07) is 12.3. The van der Waals surface area contributed by atoms with Crippen molar-refractivity contribution >= 4 is 33.9 Å². The lowest BCUT2D eigenvalue weighted by atomic mass is 10.0. The van der Waals surface area contributed by atoms with Gasteiger partial charge in [-0.1, -0.05) is 13.8 Å². The van der Waals surface area contributed by atoms with Gasteiger partial charge in [0.25, 0.3) is 5.91 Å². The Morgan fingerprint density at radius 2 is 2.00 bits per heavy atom. The van der Waals surface area contributed by atoms with Crippen LogP contribution in [-0.2, 0) is 0 Å². The van der Waals surface area contributed by atoms with E-state index >= 15 is 0 Å². The third kappa shape index (κ3) is 3.94. The van der Waals surface area contributed by atoms with E-state index in [-0.39, 0.29) is 11.6 Å².